The number of aliphatic hydroxyl groups excluding tert-OH is 2. The largest absolute Gasteiger partial charge is 0.491 e. The van der Waals surface area contributed by atoms with E-state index < -0.39 is 29.9 Å². The third-order valence-electron chi connectivity index (χ3n) is 6.17. The Kier molecular flexibility index (Phi) is 11.9. The van der Waals surface area contributed by atoms with Crippen LogP contribution in [0.15, 0.2) is 78.9 Å². The van der Waals surface area contributed by atoms with E-state index in [1.807, 2.05) is 18.2 Å². The number of rotatable bonds is 12. The summed E-state index contributed by atoms with van der Waals surface area (Å²) >= 11 is 0. The van der Waals surface area contributed by atoms with Gasteiger partial charge in [-0.1, -0.05) is 36.4 Å². The predicted molar refractivity (Wildman–Crippen MR) is 164 cm³/mol. The molecular formula is C32H40N4O7. The summed E-state index contributed by atoms with van der Waals surface area (Å²) < 4.78 is 11.2. The SMILES string of the molecule is CNC(=O)c1cccc(NC(=O)Nc2ccc(C[C@@H](CO)N(C[C@H](O)COc3ccccc3)C(=O)OC(C)(C)C)cc2)c1. The highest BCUT2D eigenvalue weighted by Crippen LogP contribution is 2.19. The highest BCUT2D eigenvalue weighted by atomic mass is 16.6. The van der Waals surface area contributed by atoms with Crippen LogP contribution in [0.5, 0.6) is 5.75 Å². The number of para-hydroxylation sites is 1. The third kappa shape index (κ3) is 11.0. The minimum Gasteiger partial charge on any atom is -0.491 e. The van der Waals surface area contributed by atoms with Gasteiger partial charge in [0, 0.05) is 24.0 Å². The topological polar surface area (TPSA) is 149 Å². The smallest absolute Gasteiger partial charge is 0.410 e. The highest BCUT2D eigenvalue weighted by Gasteiger charge is 2.30. The van der Waals surface area contributed by atoms with Crippen LogP contribution in [0, 0.1) is 0 Å². The number of aliphatic hydroxyl groups is 2. The fourth-order valence-electron chi connectivity index (χ4n) is 4.13. The Bertz CT molecular complexity index is 1340. The van der Waals surface area contributed by atoms with Gasteiger partial charge >= 0.3 is 12.1 Å². The number of hydrogen-bond acceptors (Lipinski definition) is 7. The zero-order valence-corrected chi connectivity index (χ0v) is 24.9. The molecule has 3 aromatic rings. The first-order valence-electron chi connectivity index (χ1n) is 13.9. The summed E-state index contributed by atoms with van der Waals surface area (Å²) in [6, 6.07) is 21.3. The first-order chi connectivity index (χ1) is 20.5. The Morgan fingerprint density at radius 3 is 2.21 bits per heavy atom. The van der Waals surface area contributed by atoms with Crippen LogP contribution in [0.3, 0.4) is 0 Å². The quantitative estimate of drug-likeness (QED) is 0.211. The maximum Gasteiger partial charge on any atom is 0.410 e. The van der Waals surface area contributed by atoms with Crippen LogP contribution in [0.2, 0.25) is 0 Å². The van der Waals surface area contributed by atoms with E-state index in [0.717, 1.165) is 5.56 Å². The van der Waals surface area contributed by atoms with E-state index in [9.17, 15) is 24.6 Å². The van der Waals surface area contributed by atoms with Crippen molar-refractivity contribution in [2.75, 3.05) is 37.4 Å². The fraction of sp³-hybridized carbons (Fsp3) is 0.344. The molecule has 0 radical (unpaired) electrons. The van der Waals surface area contributed by atoms with Crippen molar-refractivity contribution < 1.29 is 34.1 Å². The first kappa shape index (κ1) is 32.9. The maximum absolute atomic E-state index is 13.1. The van der Waals surface area contributed by atoms with Crippen molar-refractivity contribution in [2.45, 2.75) is 44.9 Å². The van der Waals surface area contributed by atoms with E-state index in [-0.39, 0.29) is 32.1 Å². The van der Waals surface area contributed by atoms with Gasteiger partial charge in [0.05, 0.1) is 19.2 Å². The molecule has 11 heteroatoms. The molecule has 11 nitrogen and oxygen atoms in total. The van der Waals surface area contributed by atoms with Crippen LogP contribution >= 0.6 is 0 Å². The van der Waals surface area contributed by atoms with Crippen LogP contribution in [-0.2, 0) is 11.2 Å². The number of urea groups is 1. The van der Waals surface area contributed by atoms with Gasteiger partial charge in [-0.2, -0.15) is 0 Å². The lowest BCUT2D eigenvalue weighted by molar-refractivity contribution is -0.00891. The summed E-state index contributed by atoms with van der Waals surface area (Å²) in [5.74, 6) is 0.324. The summed E-state index contributed by atoms with van der Waals surface area (Å²) in [4.78, 5) is 38.8. The van der Waals surface area contributed by atoms with Crippen LogP contribution in [0.4, 0.5) is 21.0 Å². The minimum atomic E-state index is -1.04. The molecule has 0 aliphatic carbocycles. The van der Waals surface area contributed by atoms with E-state index in [0.29, 0.717) is 22.7 Å². The van der Waals surface area contributed by atoms with E-state index in [4.69, 9.17) is 9.47 Å². The molecule has 0 unspecified atom stereocenters. The van der Waals surface area contributed by atoms with Gasteiger partial charge in [-0.3, -0.25) is 9.69 Å². The molecule has 0 heterocycles. The van der Waals surface area contributed by atoms with E-state index in [1.165, 1.54) is 11.9 Å². The average molecular weight is 593 g/mol. The molecule has 0 spiro atoms. The molecule has 0 saturated carbocycles. The van der Waals surface area contributed by atoms with Gasteiger partial charge in [0.2, 0.25) is 0 Å². The summed E-state index contributed by atoms with van der Waals surface area (Å²) in [6.45, 7) is 4.68. The molecule has 0 saturated heterocycles. The molecule has 0 bridgehead atoms. The van der Waals surface area contributed by atoms with Crippen LogP contribution in [-0.4, -0.2) is 77.7 Å². The van der Waals surface area contributed by atoms with Gasteiger partial charge in [0.1, 0.15) is 24.1 Å². The van der Waals surface area contributed by atoms with Gasteiger partial charge in [0.25, 0.3) is 5.91 Å². The lowest BCUT2D eigenvalue weighted by Crippen LogP contribution is -2.50. The van der Waals surface area contributed by atoms with Crippen LogP contribution in [0.25, 0.3) is 0 Å². The molecule has 0 aromatic heterocycles. The van der Waals surface area contributed by atoms with Crippen molar-refractivity contribution in [3.05, 3.63) is 90.0 Å². The van der Waals surface area contributed by atoms with Gasteiger partial charge in [-0.15, -0.1) is 0 Å². The Morgan fingerprint density at radius 1 is 0.907 bits per heavy atom. The Labute approximate surface area is 251 Å². The number of ether oxygens (including phenoxy) is 2. The van der Waals surface area contributed by atoms with Crippen LogP contribution < -0.4 is 20.7 Å². The zero-order chi connectivity index (χ0) is 31.4. The maximum atomic E-state index is 13.1. The summed E-state index contributed by atoms with van der Waals surface area (Å²) in [6.07, 6.45) is -1.44. The molecule has 0 fully saturated rings. The van der Waals surface area contributed by atoms with Crippen molar-refractivity contribution in [3.8, 4) is 5.75 Å². The second-order valence-corrected chi connectivity index (χ2v) is 10.9. The summed E-state index contributed by atoms with van der Waals surface area (Å²) in [7, 11) is 1.53. The molecule has 5 N–H and O–H groups in total. The molecule has 2 atom stereocenters. The number of carbonyl (C=O) groups excluding carboxylic acids is 3. The van der Waals surface area contributed by atoms with Gasteiger partial charge < -0.3 is 35.6 Å². The fourth-order valence-corrected chi connectivity index (χ4v) is 4.13. The third-order valence-corrected chi connectivity index (χ3v) is 6.17. The summed E-state index contributed by atoms with van der Waals surface area (Å²) in [5.41, 5.74) is 1.39. The Morgan fingerprint density at radius 2 is 1.58 bits per heavy atom. The lowest BCUT2D eigenvalue weighted by atomic mass is 10.0. The lowest BCUT2D eigenvalue weighted by Gasteiger charge is -2.34. The minimum absolute atomic E-state index is 0.0556. The second-order valence-electron chi connectivity index (χ2n) is 10.9. The number of nitrogens with one attached hydrogen (secondary N) is 3. The van der Waals surface area contributed by atoms with Gasteiger partial charge in [-0.25, -0.2) is 9.59 Å². The molecule has 43 heavy (non-hydrogen) atoms. The van der Waals surface area contributed by atoms with Crippen LogP contribution in [0.1, 0.15) is 36.7 Å². The molecular weight excluding hydrogens is 552 g/mol. The Balaban J connectivity index is 1.64. The van der Waals surface area contributed by atoms with E-state index >= 15 is 0 Å². The number of amides is 4. The predicted octanol–water partition coefficient (Wildman–Crippen LogP) is 4.27. The monoisotopic (exact) mass is 592 g/mol. The highest BCUT2D eigenvalue weighted by molar-refractivity contribution is 6.01. The normalized spacial score (nSPS) is 12.4. The zero-order valence-electron chi connectivity index (χ0n) is 24.9. The van der Waals surface area contributed by atoms with Crippen molar-refractivity contribution in [3.63, 3.8) is 0 Å². The summed E-state index contributed by atoms with van der Waals surface area (Å²) in [5, 5.41) is 28.9. The average Bonchev–Trinajstić information content (AvgIpc) is 2.98. The molecule has 0 aliphatic rings. The number of nitrogens with zero attached hydrogens (tertiary/aromatic N) is 1. The van der Waals surface area contributed by atoms with Crippen molar-refractivity contribution >= 4 is 29.4 Å². The molecule has 4 amide bonds. The molecule has 3 rings (SSSR count). The molecule has 3 aromatic carbocycles. The second kappa shape index (κ2) is 15.6. The van der Waals surface area contributed by atoms with Gasteiger partial charge in [0.15, 0.2) is 0 Å². The Hall–Kier alpha value is -4.61. The van der Waals surface area contributed by atoms with E-state index in [1.54, 1.807) is 81.4 Å². The number of carbonyl (C=O) groups is 3. The molecule has 0 aliphatic heterocycles. The number of hydrogen-bond donors (Lipinski definition) is 5. The van der Waals surface area contributed by atoms with Crippen molar-refractivity contribution in [1.82, 2.24) is 10.2 Å². The van der Waals surface area contributed by atoms with Crippen molar-refractivity contribution in [1.29, 1.82) is 0 Å². The van der Waals surface area contributed by atoms with E-state index in [2.05, 4.69) is 16.0 Å². The number of benzene rings is 3. The standard InChI is InChI=1S/C32H40N4O7/c1-32(2,3)43-31(41)36(19-27(38)21-42-28-11-6-5-7-12-28)26(20-37)17-22-13-15-24(16-14-22)34-30(40)35-25-10-8-9-23(18-25)29(39)33-4/h5-16,18,26-27,37-38H,17,19-21H2,1-4H3,(H,33,39)(H2,34,35,40)/t26-,27-/m0/s1. The first-order valence-corrected chi connectivity index (χ1v) is 13.9. The van der Waals surface area contributed by atoms with Gasteiger partial charge in [-0.05, 0) is 75.2 Å². The number of anilines is 2. The van der Waals surface area contributed by atoms with Crippen molar-refractivity contribution in [2.24, 2.45) is 0 Å². The molecule has 230 valence electrons.